The van der Waals surface area contributed by atoms with Crippen LogP contribution in [-0.4, -0.2) is 17.1 Å². The number of thioether (sulfide) groups is 1. The van der Waals surface area contributed by atoms with Crippen molar-refractivity contribution in [3.63, 3.8) is 0 Å². The normalized spacial score (nSPS) is 11.6. The minimum absolute atomic E-state index is 0.0766. The first-order valence-electron chi connectivity index (χ1n) is 9.12. The smallest absolute Gasteiger partial charge is 0.255 e. The van der Waals surface area contributed by atoms with E-state index in [9.17, 15) is 9.59 Å². The van der Waals surface area contributed by atoms with E-state index in [-0.39, 0.29) is 17.1 Å². The predicted octanol–water partition coefficient (Wildman–Crippen LogP) is 6.02. The molecule has 2 N–H and O–H groups in total. The molecule has 3 rings (SSSR count). The highest BCUT2D eigenvalue weighted by atomic mass is 35.5. The van der Waals surface area contributed by atoms with Gasteiger partial charge in [0, 0.05) is 26.9 Å². The molecule has 0 fully saturated rings. The van der Waals surface area contributed by atoms with Gasteiger partial charge < -0.3 is 10.6 Å². The van der Waals surface area contributed by atoms with Gasteiger partial charge in [0.25, 0.3) is 5.91 Å². The van der Waals surface area contributed by atoms with Gasteiger partial charge in [0.15, 0.2) is 0 Å². The molecule has 0 bridgehead atoms. The molecule has 29 heavy (non-hydrogen) atoms. The Hall–Kier alpha value is -2.76. The zero-order valence-electron chi connectivity index (χ0n) is 16.1. The maximum Gasteiger partial charge on any atom is 0.255 e. The number of nitrogens with one attached hydrogen (secondary N) is 2. The van der Waals surface area contributed by atoms with E-state index in [1.54, 1.807) is 24.3 Å². The molecule has 6 heteroatoms. The van der Waals surface area contributed by atoms with Crippen LogP contribution in [0.1, 0.15) is 22.8 Å². The molecule has 0 aromatic heterocycles. The van der Waals surface area contributed by atoms with E-state index in [4.69, 9.17) is 11.6 Å². The summed E-state index contributed by atoms with van der Waals surface area (Å²) < 4.78 is 0. The van der Waals surface area contributed by atoms with Crippen molar-refractivity contribution >= 4 is 46.6 Å². The number of benzene rings is 3. The molecule has 2 amide bonds. The number of rotatable bonds is 6. The Kier molecular flexibility index (Phi) is 6.96. The van der Waals surface area contributed by atoms with Crippen LogP contribution in [0.15, 0.2) is 77.7 Å². The van der Waals surface area contributed by atoms with E-state index in [2.05, 4.69) is 10.6 Å². The van der Waals surface area contributed by atoms with Gasteiger partial charge in [-0.2, -0.15) is 0 Å². The summed E-state index contributed by atoms with van der Waals surface area (Å²) in [5, 5.41) is 6.00. The van der Waals surface area contributed by atoms with Gasteiger partial charge in [-0.05, 0) is 62.4 Å². The first-order valence-corrected chi connectivity index (χ1v) is 10.4. The predicted molar refractivity (Wildman–Crippen MR) is 121 cm³/mol. The van der Waals surface area contributed by atoms with Gasteiger partial charge in [-0.15, -0.1) is 11.8 Å². The average molecular weight is 425 g/mol. The number of anilines is 2. The summed E-state index contributed by atoms with van der Waals surface area (Å²) in [5.74, 6) is -0.313. The van der Waals surface area contributed by atoms with Crippen molar-refractivity contribution in [1.82, 2.24) is 0 Å². The molecule has 3 aromatic carbocycles. The largest absolute Gasteiger partial charge is 0.325 e. The molecule has 0 aliphatic heterocycles. The Morgan fingerprint density at radius 3 is 2.34 bits per heavy atom. The highest BCUT2D eigenvalue weighted by Gasteiger charge is 2.15. The molecule has 1 atom stereocenters. The van der Waals surface area contributed by atoms with Crippen LogP contribution in [0, 0.1) is 6.92 Å². The fourth-order valence-corrected chi connectivity index (χ4v) is 3.74. The number of carbonyl (C=O) groups excluding carboxylic acids is 2. The molecule has 0 heterocycles. The molecule has 4 nitrogen and oxygen atoms in total. The van der Waals surface area contributed by atoms with Crippen LogP contribution in [0.25, 0.3) is 0 Å². The van der Waals surface area contributed by atoms with Crippen LogP contribution in [0.3, 0.4) is 0 Å². The van der Waals surface area contributed by atoms with Gasteiger partial charge >= 0.3 is 0 Å². The van der Waals surface area contributed by atoms with Gasteiger partial charge in [-0.1, -0.05) is 41.4 Å². The Balaban J connectivity index is 1.62. The second kappa shape index (κ2) is 9.63. The van der Waals surface area contributed by atoms with Crippen molar-refractivity contribution in [2.24, 2.45) is 0 Å². The van der Waals surface area contributed by atoms with Crippen molar-refractivity contribution in [3.8, 4) is 0 Å². The van der Waals surface area contributed by atoms with Crippen LogP contribution in [-0.2, 0) is 4.79 Å². The summed E-state index contributed by atoms with van der Waals surface area (Å²) in [7, 11) is 0. The van der Waals surface area contributed by atoms with E-state index in [0.29, 0.717) is 16.3 Å². The third-order valence-electron chi connectivity index (χ3n) is 4.18. The van der Waals surface area contributed by atoms with Crippen LogP contribution in [0.2, 0.25) is 5.02 Å². The Bertz CT molecular complexity index is 1020. The molecule has 0 saturated heterocycles. The maximum atomic E-state index is 12.5. The van der Waals surface area contributed by atoms with E-state index in [1.165, 1.54) is 11.8 Å². The second-order valence-electron chi connectivity index (χ2n) is 6.61. The van der Waals surface area contributed by atoms with Crippen LogP contribution in [0.5, 0.6) is 0 Å². The van der Waals surface area contributed by atoms with Crippen LogP contribution >= 0.6 is 23.4 Å². The maximum absolute atomic E-state index is 12.5. The van der Waals surface area contributed by atoms with Gasteiger partial charge in [0.05, 0.1) is 5.25 Å². The minimum Gasteiger partial charge on any atom is -0.325 e. The quantitative estimate of drug-likeness (QED) is 0.475. The lowest BCUT2D eigenvalue weighted by molar-refractivity contribution is -0.115. The standard InChI is InChI=1S/C23H21ClN2O2S/c1-15-9-11-19(12-10-15)25-22(27)16(2)29-21-8-4-7-20(14-21)26-23(28)17-5-3-6-18(24)13-17/h3-14,16H,1-2H3,(H,25,27)(H,26,28). The summed E-state index contributed by atoms with van der Waals surface area (Å²) >= 11 is 7.38. The molecule has 0 radical (unpaired) electrons. The van der Waals surface area contributed by atoms with Crippen molar-refractivity contribution in [2.75, 3.05) is 10.6 Å². The van der Waals surface area contributed by atoms with Crippen molar-refractivity contribution < 1.29 is 9.59 Å². The Morgan fingerprint density at radius 1 is 0.897 bits per heavy atom. The molecule has 0 spiro atoms. The van der Waals surface area contributed by atoms with E-state index >= 15 is 0 Å². The fourth-order valence-electron chi connectivity index (χ4n) is 2.62. The summed E-state index contributed by atoms with van der Waals surface area (Å²) in [6.45, 7) is 3.85. The average Bonchev–Trinajstić information content (AvgIpc) is 2.70. The van der Waals surface area contributed by atoms with Crippen LogP contribution in [0.4, 0.5) is 11.4 Å². The van der Waals surface area contributed by atoms with Crippen molar-refractivity contribution in [3.05, 3.63) is 88.9 Å². The molecule has 0 aliphatic carbocycles. The monoisotopic (exact) mass is 424 g/mol. The number of halogens is 1. The van der Waals surface area contributed by atoms with Gasteiger partial charge in [0.1, 0.15) is 0 Å². The van der Waals surface area contributed by atoms with Gasteiger partial charge in [-0.25, -0.2) is 0 Å². The van der Waals surface area contributed by atoms with Crippen molar-refractivity contribution in [2.45, 2.75) is 24.0 Å². The third kappa shape index (κ3) is 6.11. The number of hydrogen-bond acceptors (Lipinski definition) is 3. The summed E-state index contributed by atoms with van der Waals surface area (Å²) in [6, 6.07) is 21.9. The summed E-state index contributed by atoms with van der Waals surface area (Å²) in [6.07, 6.45) is 0. The van der Waals surface area contributed by atoms with Crippen LogP contribution < -0.4 is 10.6 Å². The Morgan fingerprint density at radius 2 is 1.62 bits per heavy atom. The highest BCUT2D eigenvalue weighted by molar-refractivity contribution is 8.00. The molecular formula is C23H21ClN2O2S. The van der Waals surface area contributed by atoms with Gasteiger partial charge in [-0.3, -0.25) is 9.59 Å². The van der Waals surface area contributed by atoms with E-state index in [1.807, 2.05) is 62.4 Å². The zero-order valence-corrected chi connectivity index (χ0v) is 17.7. The first kappa shape index (κ1) is 21.0. The Labute approximate surface area is 179 Å². The number of aryl methyl sites for hydroxylation is 1. The van der Waals surface area contributed by atoms with E-state index < -0.39 is 0 Å². The SMILES string of the molecule is Cc1ccc(NC(=O)C(C)Sc2cccc(NC(=O)c3cccc(Cl)c3)c2)cc1. The lowest BCUT2D eigenvalue weighted by Crippen LogP contribution is -2.22. The zero-order chi connectivity index (χ0) is 20.8. The lowest BCUT2D eigenvalue weighted by Gasteiger charge is -2.13. The highest BCUT2D eigenvalue weighted by Crippen LogP contribution is 2.27. The third-order valence-corrected chi connectivity index (χ3v) is 5.51. The lowest BCUT2D eigenvalue weighted by atomic mass is 10.2. The second-order valence-corrected chi connectivity index (χ2v) is 8.46. The summed E-state index contributed by atoms with van der Waals surface area (Å²) in [5.41, 5.74) is 3.06. The number of hydrogen-bond donors (Lipinski definition) is 2. The molecule has 1 unspecified atom stereocenters. The van der Waals surface area contributed by atoms with Gasteiger partial charge in [0.2, 0.25) is 5.91 Å². The summed E-state index contributed by atoms with van der Waals surface area (Å²) in [4.78, 5) is 25.8. The minimum atomic E-state index is -0.296. The topological polar surface area (TPSA) is 58.2 Å². The molecule has 148 valence electrons. The molecule has 0 aliphatic rings. The fraction of sp³-hybridized carbons (Fsp3) is 0.130. The van der Waals surface area contributed by atoms with E-state index in [0.717, 1.165) is 16.1 Å². The van der Waals surface area contributed by atoms with Crippen molar-refractivity contribution in [1.29, 1.82) is 0 Å². The number of carbonyl (C=O) groups is 2. The molecule has 3 aromatic rings. The number of amides is 2. The first-order chi connectivity index (χ1) is 13.9. The molecular weight excluding hydrogens is 404 g/mol. The molecule has 0 saturated carbocycles.